The zero-order chi connectivity index (χ0) is 14.4. The van der Waals surface area contributed by atoms with Crippen molar-refractivity contribution >= 4 is 10.9 Å². The summed E-state index contributed by atoms with van der Waals surface area (Å²) in [7, 11) is 0. The highest BCUT2D eigenvalue weighted by molar-refractivity contribution is 5.78. The molecule has 1 unspecified atom stereocenters. The third kappa shape index (κ3) is 4.02. The van der Waals surface area contributed by atoms with Crippen molar-refractivity contribution < 1.29 is 4.74 Å². The normalized spacial score (nSPS) is 13.0. The van der Waals surface area contributed by atoms with Gasteiger partial charge in [0.05, 0.1) is 24.3 Å². The third-order valence-electron chi connectivity index (χ3n) is 3.27. The molecule has 0 amide bonds. The monoisotopic (exact) mass is 272 g/mol. The molecule has 108 valence electrons. The first-order valence-corrected chi connectivity index (χ1v) is 7.40. The minimum Gasteiger partial charge on any atom is -0.377 e. The van der Waals surface area contributed by atoms with Crippen molar-refractivity contribution in [1.82, 2.24) is 10.3 Å². The first kappa shape index (κ1) is 14.9. The Hall–Kier alpha value is -1.45. The van der Waals surface area contributed by atoms with Crippen molar-refractivity contribution in [1.29, 1.82) is 0 Å². The Morgan fingerprint density at radius 1 is 1.25 bits per heavy atom. The van der Waals surface area contributed by atoms with Crippen LogP contribution in [0.15, 0.2) is 36.5 Å². The van der Waals surface area contributed by atoms with E-state index in [-0.39, 0.29) is 12.1 Å². The van der Waals surface area contributed by atoms with Crippen LogP contribution in [0.2, 0.25) is 0 Å². The molecule has 0 saturated heterocycles. The van der Waals surface area contributed by atoms with E-state index < -0.39 is 0 Å². The number of aromatic nitrogens is 1. The number of benzene rings is 1. The number of hydrogen-bond donors (Lipinski definition) is 1. The zero-order valence-corrected chi connectivity index (χ0v) is 12.6. The number of fused-ring (bicyclic) bond motifs is 1. The zero-order valence-electron chi connectivity index (χ0n) is 12.6. The number of rotatable bonds is 7. The van der Waals surface area contributed by atoms with E-state index in [1.807, 2.05) is 12.3 Å². The molecule has 0 saturated carbocycles. The van der Waals surface area contributed by atoms with E-state index >= 15 is 0 Å². The first-order chi connectivity index (χ1) is 9.70. The maximum absolute atomic E-state index is 5.78. The summed E-state index contributed by atoms with van der Waals surface area (Å²) in [6.45, 7) is 8.00. The summed E-state index contributed by atoms with van der Waals surface area (Å²) in [4.78, 5) is 4.43. The molecule has 0 fully saturated rings. The molecule has 1 N–H and O–H groups in total. The van der Waals surface area contributed by atoms with Crippen LogP contribution < -0.4 is 5.32 Å². The lowest BCUT2D eigenvalue weighted by Gasteiger charge is -2.20. The van der Waals surface area contributed by atoms with Crippen LogP contribution in [0.3, 0.4) is 0 Å². The summed E-state index contributed by atoms with van der Waals surface area (Å²) in [5, 5.41) is 4.73. The SMILES string of the molecule is CCCNC(COC(C)C)c1ccc2cccnc2c1. The summed E-state index contributed by atoms with van der Waals surface area (Å²) in [5.74, 6) is 0. The molecule has 1 atom stereocenters. The van der Waals surface area contributed by atoms with Crippen molar-refractivity contribution in [2.45, 2.75) is 39.3 Å². The summed E-state index contributed by atoms with van der Waals surface area (Å²) in [6, 6.07) is 10.7. The molecular weight excluding hydrogens is 248 g/mol. The molecule has 1 heterocycles. The number of ether oxygens (including phenoxy) is 1. The van der Waals surface area contributed by atoms with Crippen LogP contribution in [0.4, 0.5) is 0 Å². The van der Waals surface area contributed by atoms with E-state index in [9.17, 15) is 0 Å². The Morgan fingerprint density at radius 3 is 2.85 bits per heavy atom. The fourth-order valence-corrected chi connectivity index (χ4v) is 2.18. The molecule has 0 radical (unpaired) electrons. The highest BCUT2D eigenvalue weighted by Gasteiger charge is 2.12. The van der Waals surface area contributed by atoms with Crippen molar-refractivity contribution in [3.8, 4) is 0 Å². The number of hydrogen-bond acceptors (Lipinski definition) is 3. The Kier molecular flexibility index (Phi) is 5.50. The molecule has 0 aliphatic carbocycles. The molecular formula is C17H24N2O. The average molecular weight is 272 g/mol. The van der Waals surface area contributed by atoms with E-state index in [1.54, 1.807) is 0 Å². The Bertz CT molecular complexity index is 539. The number of pyridine rings is 1. The van der Waals surface area contributed by atoms with Gasteiger partial charge in [0, 0.05) is 11.6 Å². The second-order valence-corrected chi connectivity index (χ2v) is 5.34. The lowest BCUT2D eigenvalue weighted by molar-refractivity contribution is 0.0611. The molecule has 20 heavy (non-hydrogen) atoms. The van der Waals surface area contributed by atoms with E-state index in [4.69, 9.17) is 4.74 Å². The maximum Gasteiger partial charge on any atom is 0.0705 e. The summed E-state index contributed by atoms with van der Waals surface area (Å²) >= 11 is 0. The van der Waals surface area contributed by atoms with Crippen LogP contribution in [0.25, 0.3) is 10.9 Å². The van der Waals surface area contributed by atoms with Gasteiger partial charge in [-0.15, -0.1) is 0 Å². The van der Waals surface area contributed by atoms with Gasteiger partial charge in [0.1, 0.15) is 0 Å². The molecule has 0 spiro atoms. The molecule has 2 aromatic rings. The van der Waals surface area contributed by atoms with Gasteiger partial charge in [0.15, 0.2) is 0 Å². The summed E-state index contributed by atoms with van der Waals surface area (Å²) < 4.78 is 5.78. The maximum atomic E-state index is 5.78. The van der Waals surface area contributed by atoms with Gasteiger partial charge in [-0.3, -0.25) is 4.98 Å². The largest absolute Gasteiger partial charge is 0.377 e. The first-order valence-electron chi connectivity index (χ1n) is 7.40. The lowest BCUT2D eigenvalue weighted by atomic mass is 10.0. The smallest absolute Gasteiger partial charge is 0.0705 e. The standard InChI is InChI=1S/C17H24N2O/c1-4-9-18-17(12-20-13(2)3)15-8-7-14-6-5-10-19-16(14)11-15/h5-8,10-11,13,17-18H,4,9,12H2,1-3H3. The molecule has 0 aliphatic heterocycles. The molecule has 1 aromatic carbocycles. The van der Waals surface area contributed by atoms with Crippen LogP contribution in [0.5, 0.6) is 0 Å². The van der Waals surface area contributed by atoms with Gasteiger partial charge in [0.2, 0.25) is 0 Å². The van der Waals surface area contributed by atoms with Crippen LogP contribution in [0.1, 0.15) is 38.8 Å². The van der Waals surface area contributed by atoms with Crippen molar-refractivity contribution in [2.24, 2.45) is 0 Å². The van der Waals surface area contributed by atoms with Crippen molar-refractivity contribution in [3.05, 3.63) is 42.1 Å². The van der Waals surface area contributed by atoms with E-state index in [2.05, 4.69) is 55.3 Å². The lowest BCUT2D eigenvalue weighted by Crippen LogP contribution is -2.27. The van der Waals surface area contributed by atoms with E-state index in [0.717, 1.165) is 18.5 Å². The third-order valence-corrected chi connectivity index (χ3v) is 3.27. The number of nitrogens with one attached hydrogen (secondary N) is 1. The van der Waals surface area contributed by atoms with Crippen LogP contribution in [0, 0.1) is 0 Å². The molecule has 0 bridgehead atoms. The minimum atomic E-state index is 0.226. The molecule has 2 rings (SSSR count). The second-order valence-electron chi connectivity index (χ2n) is 5.34. The molecule has 1 aromatic heterocycles. The fraction of sp³-hybridized carbons (Fsp3) is 0.471. The van der Waals surface area contributed by atoms with E-state index in [0.29, 0.717) is 6.61 Å². The van der Waals surface area contributed by atoms with Crippen LogP contribution >= 0.6 is 0 Å². The highest BCUT2D eigenvalue weighted by atomic mass is 16.5. The van der Waals surface area contributed by atoms with Gasteiger partial charge in [-0.05, 0) is 44.5 Å². The van der Waals surface area contributed by atoms with Gasteiger partial charge in [-0.25, -0.2) is 0 Å². The van der Waals surface area contributed by atoms with Crippen LogP contribution in [-0.2, 0) is 4.74 Å². The fourth-order valence-electron chi connectivity index (χ4n) is 2.18. The van der Waals surface area contributed by atoms with Gasteiger partial charge >= 0.3 is 0 Å². The predicted octanol–water partition coefficient (Wildman–Crippen LogP) is 3.70. The Labute approximate surface area is 121 Å². The number of nitrogens with zero attached hydrogens (tertiary/aromatic N) is 1. The predicted molar refractivity (Wildman–Crippen MR) is 83.9 cm³/mol. The van der Waals surface area contributed by atoms with Crippen molar-refractivity contribution in [2.75, 3.05) is 13.2 Å². The molecule has 0 aliphatic rings. The van der Waals surface area contributed by atoms with Gasteiger partial charge in [-0.2, -0.15) is 0 Å². The van der Waals surface area contributed by atoms with Gasteiger partial charge in [0.25, 0.3) is 0 Å². The second kappa shape index (κ2) is 7.36. The van der Waals surface area contributed by atoms with Gasteiger partial charge < -0.3 is 10.1 Å². The van der Waals surface area contributed by atoms with Gasteiger partial charge in [-0.1, -0.05) is 25.1 Å². The summed E-state index contributed by atoms with van der Waals surface area (Å²) in [5.41, 5.74) is 2.28. The van der Waals surface area contributed by atoms with Crippen LogP contribution in [-0.4, -0.2) is 24.2 Å². The molecule has 3 heteroatoms. The highest BCUT2D eigenvalue weighted by Crippen LogP contribution is 2.19. The minimum absolute atomic E-state index is 0.226. The Balaban J connectivity index is 2.19. The average Bonchev–Trinajstić information content (AvgIpc) is 2.46. The molecule has 3 nitrogen and oxygen atoms in total. The van der Waals surface area contributed by atoms with Crippen molar-refractivity contribution in [3.63, 3.8) is 0 Å². The quantitative estimate of drug-likeness (QED) is 0.834. The van der Waals surface area contributed by atoms with E-state index in [1.165, 1.54) is 10.9 Å². The Morgan fingerprint density at radius 2 is 2.10 bits per heavy atom. The topological polar surface area (TPSA) is 34.1 Å². The summed E-state index contributed by atoms with van der Waals surface area (Å²) in [6.07, 6.45) is 3.20.